The van der Waals surface area contributed by atoms with Crippen molar-refractivity contribution in [2.24, 2.45) is 5.41 Å². The standard InChI is InChI=1S/C22H32N2O3/c1-17-5-6-19(13-18(17)2)14-21(26)23-10-4-8-22(15-23)9-7-20(25)24(16-22)11-12-27-3/h5-6,13H,4,7-12,14-16H2,1-3H3/t22-/m0/s1. The number of amides is 2. The lowest BCUT2D eigenvalue weighted by atomic mass is 9.73. The zero-order valence-corrected chi connectivity index (χ0v) is 16.9. The van der Waals surface area contributed by atoms with E-state index in [0.29, 0.717) is 26.0 Å². The van der Waals surface area contributed by atoms with Crippen molar-refractivity contribution in [2.45, 2.75) is 46.0 Å². The summed E-state index contributed by atoms with van der Waals surface area (Å²) in [4.78, 5) is 29.1. The van der Waals surface area contributed by atoms with Crippen molar-refractivity contribution in [3.8, 4) is 0 Å². The first-order valence-corrected chi connectivity index (χ1v) is 10.0. The van der Waals surface area contributed by atoms with E-state index in [0.717, 1.165) is 44.5 Å². The lowest BCUT2D eigenvalue weighted by Crippen LogP contribution is -2.55. The smallest absolute Gasteiger partial charge is 0.227 e. The summed E-state index contributed by atoms with van der Waals surface area (Å²) in [6.45, 7) is 7.75. The molecule has 0 N–H and O–H groups in total. The van der Waals surface area contributed by atoms with Gasteiger partial charge < -0.3 is 14.5 Å². The maximum absolute atomic E-state index is 12.9. The number of methoxy groups -OCH3 is 1. The number of benzene rings is 1. The van der Waals surface area contributed by atoms with Crippen molar-refractivity contribution in [1.29, 1.82) is 0 Å². The van der Waals surface area contributed by atoms with Gasteiger partial charge in [0.1, 0.15) is 0 Å². The second kappa shape index (κ2) is 8.42. The lowest BCUT2D eigenvalue weighted by molar-refractivity contribution is -0.143. The van der Waals surface area contributed by atoms with Crippen LogP contribution in [0.2, 0.25) is 0 Å². The van der Waals surface area contributed by atoms with Crippen LogP contribution in [0.25, 0.3) is 0 Å². The second-order valence-corrected chi connectivity index (χ2v) is 8.32. The normalized spacial score (nSPS) is 23.1. The van der Waals surface area contributed by atoms with Gasteiger partial charge in [-0.15, -0.1) is 0 Å². The van der Waals surface area contributed by atoms with Gasteiger partial charge in [0.25, 0.3) is 0 Å². The molecule has 2 fully saturated rings. The molecule has 1 aromatic carbocycles. The van der Waals surface area contributed by atoms with E-state index < -0.39 is 0 Å². The second-order valence-electron chi connectivity index (χ2n) is 8.32. The monoisotopic (exact) mass is 372 g/mol. The molecule has 27 heavy (non-hydrogen) atoms. The molecule has 5 heteroatoms. The molecule has 0 aromatic heterocycles. The van der Waals surface area contributed by atoms with E-state index in [1.807, 2.05) is 9.80 Å². The third-order valence-corrected chi connectivity index (χ3v) is 6.25. The molecule has 2 aliphatic heterocycles. The minimum Gasteiger partial charge on any atom is -0.383 e. The largest absolute Gasteiger partial charge is 0.383 e. The van der Waals surface area contributed by atoms with E-state index in [-0.39, 0.29) is 17.2 Å². The highest BCUT2D eigenvalue weighted by molar-refractivity contribution is 5.79. The van der Waals surface area contributed by atoms with Crippen LogP contribution >= 0.6 is 0 Å². The molecule has 1 atom stereocenters. The predicted octanol–water partition coefficient (Wildman–Crippen LogP) is 2.72. The molecule has 148 valence electrons. The molecule has 0 saturated carbocycles. The Balaban J connectivity index is 1.65. The molecule has 0 bridgehead atoms. The molecule has 2 heterocycles. The topological polar surface area (TPSA) is 49.9 Å². The number of hydrogen-bond donors (Lipinski definition) is 0. The first-order valence-electron chi connectivity index (χ1n) is 10.0. The zero-order chi connectivity index (χ0) is 19.4. The number of piperidine rings is 2. The first-order chi connectivity index (χ1) is 12.9. The van der Waals surface area contributed by atoms with Gasteiger partial charge in [-0.3, -0.25) is 9.59 Å². The summed E-state index contributed by atoms with van der Waals surface area (Å²) in [5, 5.41) is 0. The van der Waals surface area contributed by atoms with Gasteiger partial charge in [0, 0.05) is 45.1 Å². The third-order valence-electron chi connectivity index (χ3n) is 6.25. The molecular weight excluding hydrogens is 340 g/mol. The van der Waals surface area contributed by atoms with E-state index in [2.05, 4.69) is 32.0 Å². The number of nitrogens with zero attached hydrogens (tertiary/aromatic N) is 2. The quantitative estimate of drug-likeness (QED) is 0.799. The average molecular weight is 373 g/mol. The summed E-state index contributed by atoms with van der Waals surface area (Å²) in [7, 11) is 1.66. The predicted molar refractivity (Wildman–Crippen MR) is 106 cm³/mol. The third kappa shape index (κ3) is 4.70. The summed E-state index contributed by atoms with van der Waals surface area (Å²) in [6, 6.07) is 6.28. The zero-order valence-electron chi connectivity index (χ0n) is 16.9. The molecule has 0 radical (unpaired) electrons. The Bertz CT molecular complexity index is 703. The Hall–Kier alpha value is -1.88. The van der Waals surface area contributed by atoms with Crippen LogP contribution in [-0.4, -0.2) is 61.5 Å². The molecule has 1 spiro atoms. The van der Waals surface area contributed by atoms with Crippen LogP contribution in [0.15, 0.2) is 18.2 Å². The highest BCUT2D eigenvalue weighted by Crippen LogP contribution is 2.39. The van der Waals surface area contributed by atoms with Gasteiger partial charge in [0.2, 0.25) is 11.8 Å². The fourth-order valence-electron chi connectivity index (χ4n) is 4.46. The maximum Gasteiger partial charge on any atom is 0.227 e. The van der Waals surface area contributed by atoms with Crippen molar-refractivity contribution >= 4 is 11.8 Å². The van der Waals surface area contributed by atoms with Crippen LogP contribution in [0.1, 0.15) is 42.4 Å². The average Bonchev–Trinajstić information content (AvgIpc) is 2.66. The molecule has 3 rings (SSSR count). The Morgan fingerprint density at radius 1 is 1.19 bits per heavy atom. The Kier molecular flexibility index (Phi) is 6.20. The van der Waals surface area contributed by atoms with Crippen LogP contribution in [-0.2, 0) is 20.7 Å². The SMILES string of the molecule is COCCN1C[C@@]2(CCCN(C(=O)Cc3ccc(C)c(C)c3)C2)CCC1=O. The molecule has 0 aliphatic carbocycles. The van der Waals surface area contributed by atoms with Crippen LogP contribution in [0.5, 0.6) is 0 Å². The lowest BCUT2D eigenvalue weighted by Gasteiger charge is -2.48. The Labute approximate surface area is 162 Å². The van der Waals surface area contributed by atoms with Crippen molar-refractivity contribution < 1.29 is 14.3 Å². The summed E-state index contributed by atoms with van der Waals surface area (Å²) in [6.07, 6.45) is 4.05. The van der Waals surface area contributed by atoms with Gasteiger partial charge in [0.05, 0.1) is 13.0 Å². The van der Waals surface area contributed by atoms with E-state index in [1.54, 1.807) is 7.11 Å². The highest BCUT2D eigenvalue weighted by atomic mass is 16.5. The number of aryl methyl sites for hydroxylation is 2. The minimum atomic E-state index is 0.0543. The van der Waals surface area contributed by atoms with Gasteiger partial charge in [-0.05, 0) is 49.8 Å². The van der Waals surface area contributed by atoms with E-state index in [1.165, 1.54) is 11.1 Å². The van der Waals surface area contributed by atoms with Gasteiger partial charge in [0.15, 0.2) is 0 Å². The number of ether oxygens (including phenoxy) is 1. The number of carbonyl (C=O) groups is 2. The number of hydrogen-bond acceptors (Lipinski definition) is 3. The summed E-state index contributed by atoms with van der Waals surface area (Å²) in [5.41, 5.74) is 3.63. The first kappa shape index (κ1) is 19.9. The molecule has 5 nitrogen and oxygen atoms in total. The van der Waals surface area contributed by atoms with Gasteiger partial charge in [-0.1, -0.05) is 18.2 Å². The summed E-state index contributed by atoms with van der Waals surface area (Å²) < 4.78 is 5.15. The van der Waals surface area contributed by atoms with Crippen molar-refractivity contribution in [3.05, 3.63) is 34.9 Å². The maximum atomic E-state index is 12.9. The van der Waals surface area contributed by atoms with Crippen molar-refractivity contribution in [1.82, 2.24) is 9.80 Å². The van der Waals surface area contributed by atoms with Gasteiger partial charge >= 0.3 is 0 Å². The van der Waals surface area contributed by atoms with Crippen LogP contribution in [0.3, 0.4) is 0 Å². The highest BCUT2D eigenvalue weighted by Gasteiger charge is 2.42. The Morgan fingerprint density at radius 2 is 2.00 bits per heavy atom. The van der Waals surface area contributed by atoms with E-state index >= 15 is 0 Å². The number of rotatable bonds is 5. The van der Waals surface area contributed by atoms with E-state index in [4.69, 9.17) is 4.74 Å². The van der Waals surface area contributed by atoms with Crippen LogP contribution < -0.4 is 0 Å². The molecule has 2 amide bonds. The van der Waals surface area contributed by atoms with Crippen molar-refractivity contribution in [2.75, 3.05) is 39.9 Å². The minimum absolute atomic E-state index is 0.0543. The Morgan fingerprint density at radius 3 is 2.74 bits per heavy atom. The fraction of sp³-hybridized carbons (Fsp3) is 0.636. The number of carbonyl (C=O) groups excluding carboxylic acids is 2. The molecule has 2 aliphatic rings. The molecule has 1 aromatic rings. The molecule has 0 unspecified atom stereocenters. The summed E-state index contributed by atoms with van der Waals surface area (Å²) >= 11 is 0. The molecular formula is C22H32N2O3. The van der Waals surface area contributed by atoms with Gasteiger partial charge in [-0.2, -0.15) is 0 Å². The van der Waals surface area contributed by atoms with Gasteiger partial charge in [-0.25, -0.2) is 0 Å². The van der Waals surface area contributed by atoms with Crippen LogP contribution in [0.4, 0.5) is 0 Å². The molecule has 2 saturated heterocycles. The fourth-order valence-corrected chi connectivity index (χ4v) is 4.46. The van der Waals surface area contributed by atoms with E-state index in [9.17, 15) is 9.59 Å². The number of likely N-dealkylation sites (tertiary alicyclic amines) is 2. The van der Waals surface area contributed by atoms with Crippen LogP contribution in [0, 0.1) is 19.3 Å². The summed E-state index contributed by atoms with van der Waals surface area (Å²) in [5.74, 6) is 0.425. The van der Waals surface area contributed by atoms with Crippen molar-refractivity contribution in [3.63, 3.8) is 0 Å².